The molecule has 0 fully saturated rings. The van der Waals surface area contributed by atoms with E-state index in [-0.39, 0.29) is 32.5 Å². The molecule has 0 aliphatic carbocycles. The number of carbonyl (C=O) groups is 1. The lowest BCUT2D eigenvalue weighted by atomic mass is 10.1. The van der Waals surface area contributed by atoms with Crippen LogP contribution in [-0.2, 0) is 16.4 Å². The lowest BCUT2D eigenvalue weighted by Gasteiger charge is -2.26. The first-order valence-electron chi connectivity index (χ1n) is 9.46. The van der Waals surface area contributed by atoms with Crippen LogP contribution in [0.25, 0.3) is 0 Å². The predicted octanol–water partition coefficient (Wildman–Crippen LogP) is 3.46. The molecular formula is C23H19N3O3S. The maximum absolute atomic E-state index is 13.5. The highest BCUT2D eigenvalue weighted by Gasteiger charge is 2.30. The van der Waals surface area contributed by atoms with Crippen LogP contribution in [0, 0.1) is 11.3 Å². The van der Waals surface area contributed by atoms with Gasteiger partial charge in [-0.15, -0.1) is 0 Å². The van der Waals surface area contributed by atoms with Crippen molar-refractivity contribution in [1.29, 1.82) is 5.26 Å². The molecule has 7 heteroatoms. The number of carbonyl (C=O) groups excluding carboxylic acids is 1. The van der Waals surface area contributed by atoms with Gasteiger partial charge in [-0.05, 0) is 29.8 Å². The quantitative estimate of drug-likeness (QED) is 0.690. The lowest BCUT2D eigenvalue weighted by Crippen LogP contribution is -2.36. The predicted molar refractivity (Wildman–Crippen MR) is 113 cm³/mol. The van der Waals surface area contributed by atoms with E-state index in [0.717, 1.165) is 5.56 Å². The average Bonchev–Trinajstić information content (AvgIpc) is 2.78. The van der Waals surface area contributed by atoms with Crippen molar-refractivity contribution in [2.45, 2.75) is 16.3 Å². The number of fused-ring (bicyclic) bond motifs is 2. The fraction of sp³-hybridized carbons (Fsp3) is 0.130. The van der Waals surface area contributed by atoms with Crippen molar-refractivity contribution in [3.8, 4) is 6.07 Å². The molecule has 0 bridgehead atoms. The van der Waals surface area contributed by atoms with E-state index in [1.807, 2.05) is 30.3 Å². The van der Waals surface area contributed by atoms with Gasteiger partial charge in [0.1, 0.15) is 6.07 Å². The largest absolute Gasteiger partial charge is 0.381 e. The van der Waals surface area contributed by atoms with Gasteiger partial charge >= 0.3 is 0 Å². The van der Waals surface area contributed by atoms with Crippen molar-refractivity contribution in [2.75, 3.05) is 18.4 Å². The van der Waals surface area contributed by atoms with Crippen molar-refractivity contribution in [3.63, 3.8) is 0 Å². The second-order valence-electron chi connectivity index (χ2n) is 6.93. The minimum atomic E-state index is -4.02. The third-order valence-corrected chi connectivity index (χ3v) is 6.88. The first-order chi connectivity index (χ1) is 14.5. The van der Waals surface area contributed by atoms with Gasteiger partial charge in [0, 0.05) is 19.6 Å². The van der Waals surface area contributed by atoms with E-state index >= 15 is 0 Å². The summed E-state index contributed by atoms with van der Waals surface area (Å²) in [7, 11) is -4.02. The minimum Gasteiger partial charge on any atom is -0.381 e. The number of amides is 1. The van der Waals surface area contributed by atoms with E-state index in [9.17, 15) is 18.5 Å². The zero-order chi connectivity index (χ0) is 21.1. The summed E-state index contributed by atoms with van der Waals surface area (Å²) in [5.41, 5.74) is 1.59. The minimum absolute atomic E-state index is 0.00157. The van der Waals surface area contributed by atoms with E-state index in [2.05, 4.69) is 11.4 Å². The smallest absolute Gasteiger partial charge is 0.255 e. The summed E-state index contributed by atoms with van der Waals surface area (Å²) in [6.45, 7) is 1.01. The number of hydrogen-bond acceptors (Lipinski definition) is 5. The standard InChI is InChI=1S/C23H19N3O3S/c24-15-18-9-6-12-21-22(18)25-13-14-26(16-17-7-2-1-3-8-17)23(27)19-10-4-5-11-20(19)30(21,28)29/h1-12,25H,13-14,16H2. The monoisotopic (exact) mass is 417 g/mol. The van der Waals surface area contributed by atoms with Crippen LogP contribution in [0.4, 0.5) is 5.69 Å². The van der Waals surface area contributed by atoms with Crippen LogP contribution >= 0.6 is 0 Å². The third-order valence-electron chi connectivity index (χ3n) is 5.03. The molecule has 0 saturated carbocycles. The molecule has 1 amide bonds. The van der Waals surface area contributed by atoms with Crippen molar-refractivity contribution in [2.24, 2.45) is 0 Å². The summed E-state index contributed by atoms with van der Waals surface area (Å²) in [4.78, 5) is 14.9. The van der Waals surface area contributed by atoms with E-state index < -0.39 is 9.84 Å². The molecule has 0 spiro atoms. The normalized spacial score (nSPS) is 15.3. The van der Waals surface area contributed by atoms with Crippen LogP contribution in [0.2, 0.25) is 0 Å². The molecule has 6 nitrogen and oxygen atoms in total. The Morgan fingerprint density at radius 2 is 1.63 bits per heavy atom. The summed E-state index contributed by atoms with van der Waals surface area (Å²) in [5, 5.41) is 12.6. The first-order valence-corrected chi connectivity index (χ1v) is 10.9. The molecule has 0 saturated heterocycles. The molecule has 30 heavy (non-hydrogen) atoms. The molecular weight excluding hydrogens is 398 g/mol. The Balaban J connectivity index is 1.87. The Morgan fingerprint density at radius 3 is 2.40 bits per heavy atom. The maximum Gasteiger partial charge on any atom is 0.255 e. The van der Waals surface area contributed by atoms with E-state index in [4.69, 9.17) is 0 Å². The number of nitriles is 1. The summed E-state index contributed by atoms with van der Waals surface area (Å²) in [6.07, 6.45) is 0. The highest BCUT2D eigenvalue weighted by atomic mass is 32.2. The SMILES string of the molecule is N#Cc1cccc2c1NCCN(Cc1ccccc1)C(=O)c1ccccc1S2(=O)=O. The van der Waals surface area contributed by atoms with Crippen LogP contribution in [0.5, 0.6) is 0 Å². The molecule has 0 atom stereocenters. The molecule has 4 rings (SSSR count). The Labute approximate surface area is 175 Å². The van der Waals surface area contributed by atoms with Crippen LogP contribution < -0.4 is 5.32 Å². The number of rotatable bonds is 2. The molecule has 0 radical (unpaired) electrons. The Hall–Kier alpha value is -3.63. The number of sulfone groups is 1. The van der Waals surface area contributed by atoms with Gasteiger partial charge in [0.15, 0.2) is 0 Å². The van der Waals surface area contributed by atoms with Crippen molar-refractivity contribution in [3.05, 3.63) is 89.5 Å². The van der Waals surface area contributed by atoms with Gasteiger partial charge in [-0.25, -0.2) is 8.42 Å². The van der Waals surface area contributed by atoms with Crippen molar-refractivity contribution in [1.82, 2.24) is 4.90 Å². The second-order valence-corrected chi connectivity index (χ2v) is 8.82. The highest BCUT2D eigenvalue weighted by molar-refractivity contribution is 7.91. The molecule has 1 N–H and O–H groups in total. The zero-order valence-corrected chi connectivity index (χ0v) is 16.9. The molecule has 3 aromatic carbocycles. The molecule has 1 aliphatic heterocycles. The number of para-hydroxylation sites is 1. The van der Waals surface area contributed by atoms with Gasteiger partial charge < -0.3 is 10.2 Å². The van der Waals surface area contributed by atoms with Gasteiger partial charge in [-0.3, -0.25) is 4.79 Å². The number of hydrogen-bond donors (Lipinski definition) is 1. The van der Waals surface area contributed by atoms with Crippen LogP contribution in [-0.4, -0.2) is 32.3 Å². The zero-order valence-electron chi connectivity index (χ0n) is 16.1. The summed E-state index contributed by atoms with van der Waals surface area (Å²) >= 11 is 0. The summed E-state index contributed by atoms with van der Waals surface area (Å²) < 4.78 is 27.0. The fourth-order valence-electron chi connectivity index (χ4n) is 3.57. The molecule has 0 unspecified atom stereocenters. The van der Waals surface area contributed by atoms with Crippen molar-refractivity contribution < 1.29 is 13.2 Å². The Kier molecular flexibility index (Phi) is 5.25. The molecule has 3 aromatic rings. The summed E-state index contributed by atoms with van der Waals surface area (Å²) in [5.74, 6) is -0.347. The Morgan fingerprint density at radius 1 is 0.933 bits per heavy atom. The van der Waals surface area contributed by atoms with Gasteiger partial charge in [-0.2, -0.15) is 5.26 Å². The van der Waals surface area contributed by atoms with Crippen LogP contribution in [0.15, 0.2) is 82.6 Å². The van der Waals surface area contributed by atoms with Crippen molar-refractivity contribution >= 4 is 21.4 Å². The van der Waals surface area contributed by atoms with Gasteiger partial charge in [-0.1, -0.05) is 48.5 Å². The fourth-order valence-corrected chi connectivity index (χ4v) is 5.22. The topological polar surface area (TPSA) is 90.3 Å². The molecule has 150 valence electrons. The third kappa shape index (κ3) is 3.53. The molecule has 1 aliphatic rings. The summed E-state index contributed by atoms with van der Waals surface area (Å²) in [6, 6.07) is 22.4. The van der Waals surface area contributed by atoms with E-state index in [1.165, 1.54) is 24.3 Å². The first kappa shape index (κ1) is 19.7. The lowest BCUT2D eigenvalue weighted by molar-refractivity contribution is 0.0746. The Bertz CT molecular complexity index is 1250. The average molecular weight is 417 g/mol. The highest BCUT2D eigenvalue weighted by Crippen LogP contribution is 2.33. The number of anilines is 1. The number of nitrogens with one attached hydrogen (secondary N) is 1. The maximum atomic E-state index is 13.5. The van der Waals surface area contributed by atoms with Gasteiger partial charge in [0.2, 0.25) is 9.84 Å². The number of benzene rings is 3. The van der Waals surface area contributed by atoms with Crippen LogP contribution in [0.1, 0.15) is 21.5 Å². The van der Waals surface area contributed by atoms with Crippen LogP contribution in [0.3, 0.4) is 0 Å². The molecule has 0 aromatic heterocycles. The van der Waals surface area contributed by atoms with Gasteiger partial charge in [0.25, 0.3) is 5.91 Å². The molecule has 1 heterocycles. The van der Waals surface area contributed by atoms with E-state index in [1.54, 1.807) is 23.1 Å². The number of nitrogens with zero attached hydrogens (tertiary/aromatic N) is 2. The second kappa shape index (κ2) is 8.01. The van der Waals surface area contributed by atoms with Gasteiger partial charge in [0.05, 0.1) is 26.6 Å². The van der Waals surface area contributed by atoms with E-state index in [0.29, 0.717) is 19.6 Å².